The summed E-state index contributed by atoms with van der Waals surface area (Å²) in [5.41, 5.74) is 1.54. The van der Waals surface area contributed by atoms with Crippen LogP contribution in [0.25, 0.3) is 0 Å². The lowest BCUT2D eigenvalue weighted by molar-refractivity contribution is 0.806. The van der Waals surface area contributed by atoms with Crippen LogP contribution in [0, 0.1) is 0 Å². The third kappa shape index (κ3) is 5.32. The Kier molecular flexibility index (Phi) is 6.58. The van der Waals surface area contributed by atoms with Gasteiger partial charge in [0.2, 0.25) is 0 Å². The zero-order chi connectivity index (χ0) is 10.1. The number of benzene rings is 1. The Hall–Kier alpha value is -0.440. The summed E-state index contributed by atoms with van der Waals surface area (Å²) < 4.78 is 0. The molecule has 1 rings (SSSR count). The molecule has 1 aromatic carbocycles. The molecule has 0 radical (unpaired) electrons. The van der Waals surface area contributed by atoms with Gasteiger partial charge in [0.15, 0.2) is 0 Å². The fourth-order valence-corrected chi connectivity index (χ4v) is 1.91. The Bertz CT molecular complexity index is 261. The molecule has 3 heteroatoms. The van der Waals surface area contributed by atoms with Gasteiger partial charge in [-0.2, -0.15) is 0 Å². The van der Waals surface area contributed by atoms with Crippen molar-refractivity contribution in [2.75, 3.05) is 18.8 Å². The van der Waals surface area contributed by atoms with Crippen molar-refractivity contribution in [2.45, 2.75) is 4.90 Å². The monoisotopic (exact) mass is 227 g/mol. The molecule has 14 heavy (non-hydrogen) atoms. The lowest BCUT2D eigenvalue weighted by Crippen LogP contribution is -2.16. The molecule has 1 nitrogen and oxygen atoms in total. The first kappa shape index (κ1) is 11.6. The van der Waals surface area contributed by atoms with Gasteiger partial charge < -0.3 is 5.32 Å². The number of nitrogens with one attached hydrogen (secondary N) is 1. The normalized spacial score (nSPS) is 10.9. The summed E-state index contributed by atoms with van der Waals surface area (Å²) in [7, 11) is 0. The third-order valence-corrected chi connectivity index (χ3v) is 2.83. The number of hydrogen-bond donors (Lipinski definition) is 1. The molecule has 0 fully saturated rings. The molecule has 0 unspecified atom stereocenters. The minimum atomic E-state index is 0.846. The van der Waals surface area contributed by atoms with Gasteiger partial charge in [0, 0.05) is 29.3 Å². The number of hydrogen-bond acceptors (Lipinski definition) is 2. The van der Waals surface area contributed by atoms with Gasteiger partial charge in [0.1, 0.15) is 0 Å². The number of rotatable bonds is 6. The molecule has 0 aromatic heterocycles. The number of thioether (sulfide) groups is 1. The molecule has 0 spiro atoms. The molecule has 0 aliphatic heterocycles. The topological polar surface area (TPSA) is 12.0 Å². The van der Waals surface area contributed by atoms with Crippen LogP contribution in [0.15, 0.2) is 46.8 Å². The predicted molar refractivity (Wildman–Crippen MR) is 65.0 cm³/mol. The summed E-state index contributed by atoms with van der Waals surface area (Å²) in [5, 5.41) is 3.26. The van der Waals surface area contributed by atoms with E-state index in [0.29, 0.717) is 0 Å². The van der Waals surface area contributed by atoms with E-state index in [1.165, 1.54) is 10.4 Å². The van der Waals surface area contributed by atoms with Gasteiger partial charge in [-0.15, -0.1) is 11.8 Å². The SMILES string of the molecule is Cl/C=C/CNCCSc1ccccc1. The van der Waals surface area contributed by atoms with Gasteiger partial charge in [-0.3, -0.25) is 0 Å². The highest BCUT2D eigenvalue weighted by Gasteiger charge is 1.90. The zero-order valence-corrected chi connectivity index (χ0v) is 9.52. The molecular formula is C11H14ClNS. The molecule has 0 amide bonds. The lowest BCUT2D eigenvalue weighted by atomic mass is 10.4. The average molecular weight is 228 g/mol. The largest absolute Gasteiger partial charge is 0.312 e. The first-order valence-electron chi connectivity index (χ1n) is 4.57. The van der Waals surface area contributed by atoms with Crippen LogP contribution in [-0.4, -0.2) is 18.8 Å². The summed E-state index contributed by atoms with van der Waals surface area (Å²) in [6.45, 7) is 1.85. The quantitative estimate of drug-likeness (QED) is 0.592. The highest BCUT2D eigenvalue weighted by Crippen LogP contribution is 2.15. The van der Waals surface area contributed by atoms with Crippen molar-refractivity contribution in [3.8, 4) is 0 Å². The van der Waals surface area contributed by atoms with E-state index >= 15 is 0 Å². The van der Waals surface area contributed by atoms with Gasteiger partial charge in [-0.25, -0.2) is 0 Å². The molecule has 0 bridgehead atoms. The first-order valence-corrected chi connectivity index (χ1v) is 5.99. The molecule has 0 aliphatic carbocycles. The van der Waals surface area contributed by atoms with Crippen LogP contribution in [0.5, 0.6) is 0 Å². The van der Waals surface area contributed by atoms with E-state index in [1.54, 1.807) is 0 Å². The number of halogens is 1. The third-order valence-electron chi connectivity index (χ3n) is 1.64. The van der Waals surface area contributed by atoms with Crippen molar-refractivity contribution in [3.05, 3.63) is 41.9 Å². The zero-order valence-electron chi connectivity index (χ0n) is 7.95. The van der Waals surface area contributed by atoms with Crippen LogP contribution in [0.1, 0.15) is 0 Å². The maximum Gasteiger partial charge on any atom is 0.0146 e. The molecule has 1 aromatic rings. The Morgan fingerprint density at radius 1 is 1.29 bits per heavy atom. The van der Waals surface area contributed by atoms with Crippen LogP contribution in [-0.2, 0) is 0 Å². The summed E-state index contributed by atoms with van der Waals surface area (Å²) in [4.78, 5) is 1.32. The van der Waals surface area contributed by atoms with Crippen molar-refractivity contribution in [3.63, 3.8) is 0 Å². The molecule has 0 saturated heterocycles. The van der Waals surface area contributed by atoms with Gasteiger partial charge in [-0.1, -0.05) is 35.9 Å². The predicted octanol–water partition coefficient (Wildman–Crippen LogP) is 3.12. The molecule has 0 saturated carbocycles. The highest BCUT2D eigenvalue weighted by atomic mass is 35.5. The van der Waals surface area contributed by atoms with Gasteiger partial charge in [0.05, 0.1) is 0 Å². The van der Waals surface area contributed by atoms with Gasteiger partial charge in [-0.05, 0) is 12.1 Å². The van der Waals surface area contributed by atoms with Crippen LogP contribution < -0.4 is 5.32 Å². The summed E-state index contributed by atoms with van der Waals surface area (Å²) in [6.07, 6.45) is 1.90. The Morgan fingerprint density at radius 2 is 2.07 bits per heavy atom. The summed E-state index contributed by atoms with van der Waals surface area (Å²) >= 11 is 7.24. The molecule has 0 heterocycles. The Balaban J connectivity index is 2.05. The van der Waals surface area contributed by atoms with E-state index < -0.39 is 0 Å². The minimum absolute atomic E-state index is 0.846. The Morgan fingerprint density at radius 3 is 2.79 bits per heavy atom. The fourth-order valence-electron chi connectivity index (χ4n) is 0.988. The summed E-state index contributed by atoms with van der Waals surface area (Å²) in [5.74, 6) is 1.08. The minimum Gasteiger partial charge on any atom is -0.312 e. The Labute approximate surface area is 94.5 Å². The molecule has 0 aliphatic rings. The summed E-state index contributed by atoms with van der Waals surface area (Å²) in [6, 6.07) is 10.4. The van der Waals surface area contributed by atoms with Crippen LogP contribution in [0.4, 0.5) is 0 Å². The van der Waals surface area contributed by atoms with Crippen molar-refractivity contribution in [1.29, 1.82) is 0 Å². The molecule has 1 N–H and O–H groups in total. The second-order valence-corrected chi connectivity index (χ2v) is 4.15. The van der Waals surface area contributed by atoms with Crippen LogP contribution >= 0.6 is 23.4 Å². The second kappa shape index (κ2) is 7.92. The highest BCUT2D eigenvalue weighted by molar-refractivity contribution is 7.99. The van der Waals surface area contributed by atoms with E-state index in [2.05, 4.69) is 29.6 Å². The maximum absolute atomic E-state index is 5.38. The lowest BCUT2D eigenvalue weighted by Gasteiger charge is -2.01. The smallest absolute Gasteiger partial charge is 0.0146 e. The second-order valence-electron chi connectivity index (χ2n) is 2.73. The van der Waals surface area contributed by atoms with E-state index in [0.717, 1.165) is 18.8 Å². The molecular weight excluding hydrogens is 214 g/mol. The fraction of sp³-hybridized carbons (Fsp3) is 0.273. The van der Waals surface area contributed by atoms with Crippen molar-refractivity contribution in [2.24, 2.45) is 0 Å². The standard InChI is InChI=1S/C11H14ClNS/c12-7-4-8-13-9-10-14-11-5-2-1-3-6-11/h1-7,13H,8-10H2/b7-4+. The maximum atomic E-state index is 5.38. The van der Waals surface area contributed by atoms with E-state index in [9.17, 15) is 0 Å². The average Bonchev–Trinajstić information content (AvgIpc) is 2.25. The van der Waals surface area contributed by atoms with Gasteiger partial charge >= 0.3 is 0 Å². The van der Waals surface area contributed by atoms with Crippen molar-refractivity contribution in [1.82, 2.24) is 5.32 Å². The first-order chi connectivity index (χ1) is 6.93. The van der Waals surface area contributed by atoms with E-state index in [4.69, 9.17) is 11.6 Å². The molecule has 76 valence electrons. The molecule has 0 atom stereocenters. The van der Waals surface area contributed by atoms with Crippen molar-refractivity contribution >= 4 is 23.4 Å². The van der Waals surface area contributed by atoms with Crippen LogP contribution in [0.2, 0.25) is 0 Å². The van der Waals surface area contributed by atoms with Crippen molar-refractivity contribution < 1.29 is 0 Å². The van der Waals surface area contributed by atoms with Gasteiger partial charge in [0.25, 0.3) is 0 Å². The van der Waals surface area contributed by atoms with E-state index in [-0.39, 0.29) is 0 Å². The van der Waals surface area contributed by atoms with Crippen LogP contribution in [0.3, 0.4) is 0 Å². The van der Waals surface area contributed by atoms with E-state index in [1.807, 2.05) is 23.9 Å².